The van der Waals surface area contributed by atoms with E-state index >= 15 is 0 Å². The van der Waals surface area contributed by atoms with E-state index in [-0.39, 0.29) is 11.9 Å². The number of fused-ring (bicyclic) bond motifs is 1. The van der Waals surface area contributed by atoms with Gasteiger partial charge in [-0.15, -0.1) is 0 Å². The van der Waals surface area contributed by atoms with Gasteiger partial charge in [-0.05, 0) is 43.5 Å². The number of morpholine rings is 2. The topological polar surface area (TPSA) is 80.0 Å². The van der Waals surface area contributed by atoms with E-state index in [9.17, 15) is 4.39 Å². The summed E-state index contributed by atoms with van der Waals surface area (Å²) in [5.74, 6) is 1.89. The summed E-state index contributed by atoms with van der Waals surface area (Å²) in [5, 5.41) is 0. The van der Waals surface area contributed by atoms with Crippen LogP contribution in [0.15, 0.2) is 18.2 Å². The average molecular weight is 429 g/mol. The SMILES string of the molecule is CC1CCc2cc(F)ccc2N1c1nc(N2CCOCC2)c(N)c(N2CCOCC2)n1. The zero-order chi connectivity index (χ0) is 21.4. The van der Waals surface area contributed by atoms with Gasteiger partial charge in [0, 0.05) is 37.9 Å². The minimum atomic E-state index is -0.213. The molecule has 0 aliphatic carbocycles. The molecule has 0 radical (unpaired) electrons. The van der Waals surface area contributed by atoms with Crippen LogP contribution < -0.4 is 20.4 Å². The minimum absolute atomic E-state index is 0.191. The Hall–Kier alpha value is -2.65. The third-order valence-corrected chi connectivity index (χ3v) is 6.30. The summed E-state index contributed by atoms with van der Waals surface area (Å²) >= 11 is 0. The van der Waals surface area contributed by atoms with E-state index in [1.165, 1.54) is 6.07 Å². The number of nitrogens with two attached hydrogens (primary N) is 1. The summed E-state index contributed by atoms with van der Waals surface area (Å²) in [6.45, 7) is 7.70. The molecule has 5 rings (SSSR count). The van der Waals surface area contributed by atoms with Crippen molar-refractivity contribution in [2.24, 2.45) is 0 Å². The Balaban J connectivity index is 1.62. The van der Waals surface area contributed by atoms with Gasteiger partial charge in [0.2, 0.25) is 5.95 Å². The van der Waals surface area contributed by atoms with Gasteiger partial charge in [0.1, 0.15) is 11.5 Å². The van der Waals surface area contributed by atoms with Crippen molar-refractivity contribution in [3.05, 3.63) is 29.6 Å². The number of aromatic nitrogens is 2. The third kappa shape index (κ3) is 3.87. The summed E-state index contributed by atoms with van der Waals surface area (Å²) in [6, 6.07) is 5.16. The molecule has 0 amide bonds. The monoisotopic (exact) mass is 428 g/mol. The van der Waals surface area contributed by atoms with Crippen molar-refractivity contribution in [2.75, 3.05) is 73.0 Å². The molecule has 1 atom stereocenters. The highest BCUT2D eigenvalue weighted by Crippen LogP contribution is 2.39. The van der Waals surface area contributed by atoms with Gasteiger partial charge in [-0.25, -0.2) is 4.39 Å². The van der Waals surface area contributed by atoms with Gasteiger partial charge < -0.3 is 29.9 Å². The maximum atomic E-state index is 13.9. The molecule has 0 spiro atoms. The number of nitrogens with zero attached hydrogens (tertiary/aromatic N) is 5. The fraction of sp³-hybridized carbons (Fsp3) is 0.545. The Morgan fingerprint density at radius 3 is 2.13 bits per heavy atom. The lowest BCUT2D eigenvalue weighted by molar-refractivity contribution is 0.122. The van der Waals surface area contributed by atoms with Crippen molar-refractivity contribution in [1.29, 1.82) is 0 Å². The lowest BCUT2D eigenvalue weighted by Gasteiger charge is -2.38. The van der Waals surface area contributed by atoms with Crippen LogP contribution >= 0.6 is 0 Å². The highest BCUT2D eigenvalue weighted by atomic mass is 19.1. The third-order valence-electron chi connectivity index (χ3n) is 6.30. The molecule has 3 aliphatic heterocycles. The number of ether oxygens (including phenoxy) is 2. The Morgan fingerprint density at radius 1 is 0.968 bits per heavy atom. The lowest BCUT2D eigenvalue weighted by Crippen LogP contribution is -2.41. The molecule has 2 fully saturated rings. The summed E-state index contributed by atoms with van der Waals surface area (Å²) in [6.07, 6.45) is 1.75. The molecular formula is C22H29FN6O2. The maximum Gasteiger partial charge on any atom is 0.234 e. The van der Waals surface area contributed by atoms with E-state index in [2.05, 4.69) is 21.6 Å². The molecule has 0 saturated carbocycles. The number of anilines is 5. The van der Waals surface area contributed by atoms with Crippen molar-refractivity contribution in [3.63, 3.8) is 0 Å². The second kappa shape index (κ2) is 8.47. The first-order valence-electron chi connectivity index (χ1n) is 11.0. The van der Waals surface area contributed by atoms with Gasteiger partial charge >= 0.3 is 0 Å². The van der Waals surface area contributed by atoms with Crippen molar-refractivity contribution in [2.45, 2.75) is 25.8 Å². The number of nitrogen functional groups attached to an aromatic ring is 1. The van der Waals surface area contributed by atoms with Crippen LogP contribution in [0.2, 0.25) is 0 Å². The first kappa shape index (κ1) is 20.3. The number of hydrogen-bond donors (Lipinski definition) is 1. The molecule has 166 valence electrons. The van der Waals surface area contributed by atoms with E-state index in [4.69, 9.17) is 25.2 Å². The molecule has 1 aromatic heterocycles. The molecule has 1 aromatic carbocycles. The Kier molecular flexibility index (Phi) is 5.54. The van der Waals surface area contributed by atoms with Crippen LogP contribution in [-0.2, 0) is 15.9 Å². The van der Waals surface area contributed by atoms with Crippen LogP contribution in [0.25, 0.3) is 0 Å². The first-order chi connectivity index (χ1) is 15.1. The Bertz CT molecular complexity index is 907. The number of halogens is 1. The standard InChI is InChI=1S/C22H29FN6O2/c1-15-2-3-16-14-17(23)4-5-18(16)29(15)22-25-20(27-6-10-30-11-7-27)19(24)21(26-22)28-8-12-31-13-9-28/h4-5,14-15H,2-3,6-13,24H2,1H3. The van der Waals surface area contributed by atoms with Crippen LogP contribution in [0.5, 0.6) is 0 Å². The van der Waals surface area contributed by atoms with Crippen molar-refractivity contribution < 1.29 is 13.9 Å². The predicted molar refractivity (Wildman–Crippen MR) is 119 cm³/mol. The zero-order valence-corrected chi connectivity index (χ0v) is 17.9. The van der Waals surface area contributed by atoms with E-state index in [1.54, 1.807) is 6.07 Å². The molecule has 9 heteroatoms. The van der Waals surface area contributed by atoms with Crippen LogP contribution in [0.4, 0.5) is 33.3 Å². The second-order valence-corrected chi connectivity index (χ2v) is 8.31. The highest BCUT2D eigenvalue weighted by molar-refractivity contribution is 5.79. The Morgan fingerprint density at radius 2 is 1.55 bits per heavy atom. The second-order valence-electron chi connectivity index (χ2n) is 8.31. The molecule has 1 unspecified atom stereocenters. The van der Waals surface area contributed by atoms with Gasteiger partial charge in [-0.3, -0.25) is 0 Å². The van der Waals surface area contributed by atoms with E-state index in [0.29, 0.717) is 38.1 Å². The number of rotatable bonds is 3. The molecular weight excluding hydrogens is 399 g/mol. The van der Waals surface area contributed by atoms with Crippen molar-refractivity contribution in [3.8, 4) is 0 Å². The van der Waals surface area contributed by atoms with Crippen molar-refractivity contribution >= 4 is 29.0 Å². The van der Waals surface area contributed by atoms with E-state index < -0.39 is 0 Å². The van der Waals surface area contributed by atoms with Gasteiger partial charge in [0.05, 0.1) is 26.4 Å². The molecule has 0 bridgehead atoms. The maximum absolute atomic E-state index is 13.9. The molecule has 4 heterocycles. The summed E-state index contributed by atoms with van der Waals surface area (Å²) in [7, 11) is 0. The molecule has 2 N–H and O–H groups in total. The molecule has 31 heavy (non-hydrogen) atoms. The zero-order valence-electron chi connectivity index (χ0n) is 17.9. The van der Waals surface area contributed by atoms with Crippen molar-refractivity contribution in [1.82, 2.24) is 9.97 Å². The lowest BCUT2D eigenvalue weighted by atomic mass is 9.97. The van der Waals surface area contributed by atoms with E-state index in [1.807, 2.05) is 6.07 Å². The number of benzene rings is 1. The summed E-state index contributed by atoms with van der Waals surface area (Å²) < 4.78 is 24.9. The number of aryl methyl sites for hydroxylation is 1. The van der Waals surface area contributed by atoms with E-state index in [0.717, 1.165) is 61.9 Å². The van der Waals surface area contributed by atoms with Crippen LogP contribution in [-0.4, -0.2) is 68.6 Å². The first-order valence-corrected chi connectivity index (χ1v) is 11.0. The van der Waals surface area contributed by atoms with Gasteiger partial charge in [-0.1, -0.05) is 0 Å². The highest BCUT2D eigenvalue weighted by Gasteiger charge is 2.30. The predicted octanol–water partition coefficient (Wildman–Crippen LogP) is 2.34. The fourth-order valence-electron chi connectivity index (χ4n) is 4.60. The summed E-state index contributed by atoms with van der Waals surface area (Å²) in [5.41, 5.74) is 9.18. The fourth-order valence-corrected chi connectivity index (χ4v) is 4.60. The minimum Gasteiger partial charge on any atom is -0.393 e. The van der Waals surface area contributed by atoms with Crippen LogP contribution in [0.1, 0.15) is 18.9 Å². The normalized spacial score (nSPS) is 21.9. The number of hydrogen-bond acceptors (Lipinski definition) is 8. The van der Waals surface area contributed by atoms with Crippen LogP contribution in [0.3, 0.4) is 0 Å². The van der Waals surface area contributed by atoms with Crippen LogP contribution in [0, 0.1) is 5.82 Å². The molecule has 2 saturated heterocycles. The average Bonchev–Trinajstić information content (AvgIpc) is 2.81. The Labute approximate surface area is 181 Å². The van der Waals surface area contributed by atoms with Gasteiger partial charge in [0.25, 0.3) is 0 Å². The quantitative estimate of drug-likeness (QED) is 0.798. The smallest absolute Gasteiger partial charge is 0.234 e. The molecule has 3 aliphatic rings. The largest absolute Gasteiger partial charge is 0.393 e. The molecule has 8 nitrogen and oxygen atoms in total. The molecule has 2 aromatic rings. The summed E-state index contributed by atoms with van der Waals surface area (Å²) in [4.78, 5) is 16.4. The van der Waals surface area contributed by atoms with Gasteiger partial charge in [0.15, 0.2) is 11.6 Å². The van der Waals surface area contributed by atoms with Gasteiger partial charge in [-0.2, -0.15) is 9.97 Å².